The lowest BCUT2D eigenvalue weighted by Gasteiger charge is -2.33. The first-order chi connectivity index (χ1) is 7.26. The number of rotatable bonds is 3. The van der Waals surface area contributed by atoms with E-state index >= 15 is 0 Å². The predicted octanol–water partition coefficient (Wildman–Crippen LogP) is -0.139. The van der Waals surface area contributed by atoms with E-state index in [9.17, 15) is 9.59 Å². The Morgan fingerprint density at radius 2 is 2.20 bits per heavy atom. The van der Waals surface area contributed by atoms with Crippen LogP contribution in [0.4, 0.5) is 0 Å². The molecule has 0 saturated carbocycles. The highest BCUT2D eigenvalue weighted by Crippen LogP contribution is 2.30. The molecule has 1 N–H and O–H groups in total. The van der Waals surface area contributed by atoms with Crippen molar-refractivity contribution in [1.29, 1.82) is 0 Å². The van der Waals surface area contributed by atoms with Gasteiger partial charge in [0.1, 0.15) is 6.29 Å². The van der Waals surface area contributed by atoms with Crippen LogP contribution in [0, 0.1) is 0 Å². The van der Waals surface area contributed by atoms with Crippen molar-refractivity contribution < 1.29 is 14.3 Å². The molecular formula is C10H16N2O3. The van der Waals surface area contributed by atoms with E-state index in [-0.39, 0.29) is 11.4 Å². The highest BCUT2D eigenvalue weighted by atomic mass is 16.5. The molecule has 0 atom stereocenters. The van der Waals surface area contributed by atoms with E-state index in [1.54, 1.807) is 5.01 Å². The highest BCUT2D eigenvalue weighted by molar-refractivity contribution is 5.79. The first-order valence-electron chi connectivity index (χ1n) is 5.35. The second-order valence-corrected chi connectivity index (χ2v) is 4.18. The van der Waals surface area contributed by atoms with Crippen molar-refractivity contribution in [2.75, 3.05) is 19.8 Å². The number of aldehydes is 1. The second kappa shape index (κ2) is 4.28. The monoisotopic (exact) mass is 212 g/mol. The van der Waals surface area contributed by atoms with Gasteiger partial charge in [-0.15, -0.1) is 0 Å². The van der Waals surface area contributed by atoms with Crippen molar-refractivity contribution in [2.24, 2.45) is 0 Å². The van der Waals surface area contributed by atoms with Gasteiger partial charge in [0.2, 0.25) is 5.91 Å². The number of hydrogen-bond donors (Lipinski definition) is 1. The van der Waals surface area contributed by atoms with Gasteiger partial charge in [0, 0.05) is 32.6 Å². The maximum atomic E-state index is 11.7. The zero-order chi connectivity index (χ0) is 10.7. The topological polar surface area (TPSA) is 58.6 Å². The Balaban J connectivity index is 1.95. The molecule has 2 saturated heterocycles. The van der Waals surface area contributed by atoms with E-state index < -0.39 is 0 Å². The van der Waals surface area contributed by atoms with E-state index in [1.807, 2.05) is 0 Å². The van der Waals surface area contributed by atoms with Crippen LogP contribution in [-0.4, -0.2) is 42.5 Å². The van der Waals surface area contributed by atoms with Gasteiger partial charge in [0.15, 0.2) is 0 Å². The van der Waals surface area contributed by atoms with Gasteiger partial charge >= 0.3 is 0 Å². The quantitative estimate of drug-likeness (QED) is 0.662. The number of amides is 1. The molecule has 1 spiro atoms. The van der Waals surface area contributed by atoms with Crippen LogP contribution in [0.15, 0.2) is 0 Å². The summed E-state index contributed by atoms with van der Waals surface area (Å²) in [5, 5.41) is 1.58. The summed E-state index contributed by atoms with van der Waals surface area (Å²) in [7, 11) is 0. The van der Waals surface area contributed by atoms with Crippen molar-refractivity contribution in [2.45, 2.75) is 31.2 Å². The summed E-state index contributed by atoms with van der Waals surface area (Å²) in [6, 6.07) is 0. The number of nitrogens with zero attached hydrogens (tertiary/aromatic N) is 1. The molecule has 2 aliphatic rings. The molecule has 1 amide bonds. The number of ether oxygens (including phenoxy) is 1. The molecule has 0 radical (unpaired) electrons. The summed E-state index contributed by atoms with van der Waals surface area (Å²) < 4.78 is 5.28. The summed E-state index contributed by atoms with van der Waals surface area (Å²) in [6.07, 6.45) is 3.51. The SMILES string of the molecule is O=CCCN1NC2(CCOCC2)CC1=O. The van der Waals surface area contributed by atoms with Crippen molar-refractivity contribution >= 4 is 12.2 Å². The van der Waals surface area contributed by atoms with Crippen LogP contribution < -0.4 is 5.43 Å². The lowest BCUT2D eigenvalue weighted by Crippen LogP contribution is -2.49. The molecule has 2 fully saturated rings. The fraction of sp³-hybridized carbons (Fsp3) is 0.800. The van der Waals surface area contributed by atoms with Gasteiger partial charge in [0.25, 0.3) is 0 Å². The first kappa shape index (κ1) is 10.6. The van der Waals surface area contributed by atoms with Crippen LogP contribution in [0.25, 0.3) is 0 Å². The molecule has 0 aromatic rings. The average Bonchev–Trinajstić information content (AvgIpc) is 2.53. The van der Waals surface area contributed by atoms with Gasteiger partial charge in [-0.3, -0.25) is 9.80 Å². The van der Waals surface area contributed by atoms with Crippen LogP contribution in [0.5, 0.6) is 0 Å². The van der Waals surface area contributed by atoms with Gasteiger partial charge in [-0.2, -0.15) is 0 Å². The van der Waals surface area contributed by atoms with E-state index in [0.717, 1.165) is 19.1 Å². The van der Waals surface area contributed by atoms with E-state index in [2.05, 4.69) is 5.43 Å². The number of carbonyl (C=O) groups excluding carboxylic acids is 2. The van der Waals surface area contributed by atoms with Crippen molar-refractivity contribution in [3.63, 3.8) is 0 Å². The zero-order valence-electron chi connectivity index (χ0n) is 8.70. The molecule has 84 valence electrons. The second-order valence-electron chi connectivity index (χ2n) is 4.18. The minimum absolute atomic E-state index is 0.0961. The number of nitrogens with one attached hydrogen (secondary N) is 1. The average molecular weight is 212 g/mol. The van der Waals surface area contributed by atoms with Crippen molar-refractivity contribution in [3.05, 3.63) is 0 Å². The maximum absolute atomic E-state index is 11.7. The summed E-state index contributed by atoms with van der Waals surface area (Å²) >= 11 is 0. The Labute approximate surface area is 88.7 Å². The van der Waals surface area contributed by atoms with Crippen LogP contribution in [-0.2, 0) is 14.3 Å². The van der Waals surface area contributed by atoms with Crippen LogP contribution in [0.1, 0.15) is 25.7 Å². The Hall–Kier alpha value is -0.940. The minimum Gasteiger partial charge on any atom is -0.381 e. The van der Waals surface area contributed by atoms with E-state index in [0.29, 0.717) is 32.6 Å². The first-order valence-corrected chi connectivity index (χ1v) is 5.35. The van der Waals surface area contributed by atoms with Crippen LogP contribution >= 0.6 is 0 Å². The fourth-order valence-electron chi connectivity index (χ4n) is 2.19. The third-order valence-corrected chi connectivity index (χ3v) is 3.08. The van der Waals surface area contributed by atoms with Gasteiger partial charge in [-0.25, -0.2) is 5.43 Å². The van der Waals surface area contributed by atoms with Gasteiger partial charge in [-0.1, -0.05) is 0 Å². The molecule has 0 unspecified atom stereocenters. The molecule has 0 aromatic heterocycles. The molecule has 15 heavy (non-hydrogen) atoms. The van der Waals surface area contributed by atoms with Gasteiger partial charge in [0.05, 0.1) is 5.54 Å². The Bertz CT molecular complexity index is 261. The molecule has 0 aromatic carbocycles. The standard InChI is InChI=1S/C10H16N2O3/c13-5-1-4-12-9(14)8-10(11-12)2-6-15-7-3-10/h5,11H,1-4,6-8H2. The molecule has 0 aliphatic carbocycles. The highest BCUT2D eigenvalue weighted by Gasteiger charge is 2.43. The van der Waals surface area contributed by atoms with Crippen molar-refractivity contribution in [1.82, 2.24) is 10.4 Å². The summed E-state index contributed by atoms with van der Waals surface area (Å²) in [6.45, 7) is 1.90. The Morgan fingerprint density at radius 3 is 2.87 bits per heavy atom. The normalized spacial score (nSPS) is 24.8. The minimum atomic E-state index is -0.0990. The number of carbonyl (C=O) groups is 2. The van der Waals surface area contributed by atoms with Gasteiger partial charge < -0.3 is 9.53 Å². The van der Waals surface area contributed by atoms with E-state index in [1.165, 1.54) is 0 Å². The Kier molecular flexibility index (Phi) is 3.02. The molecular weight excluding hydrogens is 196 g/mol. The lowest BCUT2D eigenvalue weighted by molar-refractivity contribution is -0.129. The van der Waals surface area contributed by atoms with E-state index in [4.69, 9.17) is 4.74 Å². The third-order valence-electron chi connectivity index (χ3n) is 3.08. The third kappa shape index (κ3) is 2.18. The molecule has 0 bridgehead atoms. The number of hydrazine groups is 1. The number of hydrogen-bond acceptors (Lipinski definition) is 4. The molecule has 2 rings (SSSR count). The maximum Gasteiger partial charge on any atom is 0.238 e. The van der Waals surface area contributed by atoms with Gasteiger partial charge in [-0.05, 0) is 12.8 Å². The zero-order valence-corrected chi connectivity index (χ0v) is 8.70. The molecule has 5 nitrogen and oxygen atoms in total. The molecule has 5 heteroatoms. The lowest BCUT2D eigenvalue weighted by atomic mass is 9.89. The van der Waals surface area contributed by atoms with Crippen molar-refractivity contribution in [3.8, 4) is 0 Å². The molecule has 2 aliphatic heterocycles. The summed E-state index contributed by atoms with van der Waals surface area (Å²) in [4.78, 5) is 21.9. The Morgan fingerprint density at radius 1 is 1.47 bits per heavy atom. The van der Waals surface area contributed by atoms with Crippen LogP contribution in [0.2, 0.25) is 0 Å². The summed E-state index contributed by atoms with van der Waals surface area (Å²) in [5.41, 5.74) is 3.14. The fourth-order valence-corrected chi connectivity index (χ4v) is 2.19. The summed E-state index contributed by atoms with van der Waals surface area (Å²) in [5.74, 6) is 0.0961. The predicted molar refractivity (Wildman–Crippen MR) is 52.9 cm³/mol. The molecule has 2 heterocycles. The largest absolute Gasteiger partial charge is 0.381 e. The van der Waals surface area contributed by atoms with Crippen LogP contribution in [0.3, 0.4) is 0 Å². The smallest absolute Gasteiger partial charge is 0.238 e.